The number of thioether (sulfide) groups is 1. The summed E-state index contributed by atoms with van der Waals surface area (Å²) in [6, 6.07) is -0.930. The molecule has 3 atom stereocenters. The average Bonchev–Trinajstić information content (AvgIpc) is 3.20. The van der Waals surface area contributed by atoms with Gasteiger partial charge in [0.15, 0.2) is 10.8 Å². The van der Waals surface area contributed by atoms with Crippen LogP contribution in [0.2, 0.25) is 0 Å². The number of alkyl carbamates (subject to hydrolysis) is 1. The number of fused-ring (bicyclic) bond motifs is 1. The molecule has 0 saturated carbocycles. The Labute approximate surface area is 218 Å². The number of carboxylic acid groups (broad SMARTS) is 1. The number of nitrogens with two attached hydrogens (primary N) is 1. The van der Waals surface area contributed by atoms with Gasteiger partial charge in [0, 0.05) is 24.7 Å². The molecule has 3 heterocycles. The van der Waals surface area contributed by atoms with E-state index in [0.29, 0.717) is 0 Å². The van der Waals surface area contributed by atoms with Gasteiger partial charge in [-0.05, 0) is 0 Å². The predicted octanol–water partition coefficient (Wildman–Crippen LogP) is -5.04. The van der Waals surface area contributed by atoms with Gasteiger partial charge in [0.2, 0.25) is 5.91 Å². The van der Waals surface area contributed by atoms with Crippen LogP contribution in [-0.4, -0.2) is 82.0 Å². The quantitative estimate of drug-likeness (QED) is 0.0693. The van der Waals surface area contributed by atoms with Crippen LogP contribution >= 0.6 is 23.1 Å². The Morgan fingerprint density at radius 1 is 1.52 bits per heavy atom. The van der Waals surface area contributed by atoms with Crippen LogP contribution in [0.5, 0.6) is 0 Å². The molecule has 1 aromatic heterocycles. The molecule has 33 heavy (non-hydrogen) atoms. The monoisotopic (exact) mass is 506 g/mol. The third kappa shape index (κ3) is 5.60. The first-order valence-electron chi connectivity index (χ1n) is 9.12. The second kappa shape index (κ2) is 11.2. The number of nitrogen functional groups attached to an aromatic ring is 1. The summed E-state index contributed by atoms with van der Waals surface area (Å²) in [7, 11) is 1.39. The van der Waals surface area contributed by atoms with Gasteiger partial charge in [0.05, 0.1) is 11.4 Å². The number of carbonyl (C=O) groups excluding carboxylic acids is 4. The third-order valence-corrected chi connectivity index (χ3v) is 7.05. The zero-order valence-corrected chi connectivity index (χ0v) is 21.3. The number of thiazole rings is 1. The summed E-state index contributed by atoms with van der Waals surface area (Å²) < 4.78 is 4.79. The van der Waals surface area contributed by atoms with Crippen molar-refractivity contribution in [2.45, 2.75) is 11.4 Å². The molecular formula is C17H19N6NaO7S2. The van der Waals surface area contributed by atoms with E-state index < -0.39 is 46.4 Å². The van der Waals surface area contributed by atoms with Crippen molar-refractivity contribution in [3.05, 3.63) is 23.2 Å². The Kier molecular flexibility index (Phi) is 9.13. The van der Waals surface area contributed by atoms with Crippen molar-refractivity contribution >= 4 is 57.8 Å². The molecule has 2 fully saturated rings. The Bertz CT molecular complexity index is 1000. The summed E-state index contributed by atoms with van der Waals surface area (Å²) in [4.78, 5) is 53.2. The number of anilines is 1. The largest absolute Gasteiger partial charge is 1.00 e. The first-order valence-corrected chi connectivity index (χ1v) is 11.1. The van der Waals surface area contributed by atoms with Crippen molar-refractivity contribution in [2.75, 3.05) is 31.7 Å². The van der Waals surface area contributed by atoms with Crippen LogP contribution in [0.25, 0.3) is 0 Å². The molecule has 1 aromatic rings. The number of aliphatic carboxylic acids is 1. The third-order valence-electron chi connectivity index (χ3n) is 4.83. The van der Waals surface area contributed by atoms with Crippen LogP contribution < -0.4 is 51.0 Å². The number of β-lactam (4-membered cyclic amide) rings is 1. The van der Waals surface area contributed by atoms with Crippen molar-refractivity contribution in [2.24, 2.45) is 10.6 Å². The summed E-state index contributed by atoms with van der Waals surface area (Å²) in [6.07, 6.45) is 2.05. The number of nitrogens with one attached hydrogen (secondary N) is 2. The summed E-state index contributed by atoms with van der Waals surface area (Å²) in [5, 5.41) is 29.8. The first-order chi connectivity index (χ1) is 15.2. The maximum atomic E-state index is 12.6. The molecule has 3 amide bonds. The SMILES string of the molecule is CNC(=O)OCC=CC1(C(=O)[O-])CS[C@@H]2C(NC(=O)C(=NO)c3csc(N)n3)C(=O)N2C1.[Na+]. The number of aromatic nitrogens is 1. The van der Waals surface area contributed by atoms with E-state index in [1.54, 1.807) is 0 Å². The summed E-state index contributed by atoms with van der Waals surface area (Å²) in [5.41, 5.74) is 3.71. The molecule has 0 aromatic carbocycles. The smallest absolute Gasteiger partial charge is 0.549 e. The standard InChI is InChI=1S/C17H20N6O7S2.Na/c1-19-16(28)30-4-2-3-17(14(26)27)6-23-12(25)10(13(23)32-7-17)21-11(24)9(22-29)8-5-31-15(18)20-8;/h2-3,5,10,13,29H,4,6-7H2,1H3,(H2,18,20)(H,19,28)(H,21,24)(H,26,27);/q;+1/p-1/t10?,13-,17?;/m1./s1. The van der Waals surface area contributed by atoms with E-state index >= 15 is 0 Å². The molecule has 0 bridgehead atoms. The summed E-state index contributed by atoms with van der Waals surface area (Å²) >= 11 is 2.20. The number of nitrogens with zero attached hydrogens (tertiary/aromatic N) is 3. The van der Waals surface area contributed by atoms with Crippen molar-refractivity contribution in [3.8, 4) is 0 Å². The fraction of sp³-hybridized carbons (Fsp3) is 0.412. The van der Waals surface area contributed by atoms with Crippen molar-refractivity contribution in [1.29, 1.82) is 0 Å². The second-order valence-corrected chi connectivity index (χ2v) is 8.83. The topological polar surface area (TPSA) is 199 Å². The normalized spacial score (nSPS) is 24.3. The van der Waals surface area contributed by atoms with Gasteiger partial charge in [-0.15, -0.1) is 23.1 Å². The maximum Gasteiger partial charge on any atom is 1.00 e. The Hall–Kier alpha value is -2.33. The van der Waals surface area contributed by atoms with E-state index in [1.807, 2.05) is 0 Å². The molecular weight excluding hydrogens is 487 g/mol. The number of ether oxygens (including phenoxy) is 1. The van der Waals surface area contributed by atoms with Crippen LogP contribution in [-0.2, 0) is 19.1 Å². The fourth-order valence-corrected chi connectivity index (χ4v) is 5.23. The number of hydrogen-bond acceptors (Lipinski definition) is 12. The van der Waals surface area contributed by atoms with Gasteiger partial charge in [-0.3, -0.25) is 9.59 Å². The first kappa shape index (κ1) is 26.9. The number of carbonyl (C=O) groups is 4. The van der Waals surface area contributed by atoms with E-state index in [9.17, 15) is 29.5 Å². The van der Waals surface area contributed by atoms with E-state index in [2.05, 4.69) is 20.8 Å². The summed E-state index contributed by atoms with van der Waals surface area (Å²) in [5.74, 6) is -2.63. The van der Waals surface area contributed by atoms with Crippen molar-refractivity contribution in [3.63, 3.8) is 0 Å². The van der Waals surface area contributed by atoms with Crippen LogP contribution in [0.3, 0.4) is 0 Å². The van der Waals surface area contributed by atoms with Crippen LogP contribution in [0, 0.1) is 5.41 Å². The van der Waals surface area contributed by atoms with E-state index in [-0.39, 0.29) is 59.3 Å². The Morgan fingerprint density at radius 3 is 2.82 bits per heavy atom. The Morgan fingerprint density at radius 2 is 2.24 bits per heavy atom. The molecule has 2 aliphatic rings. The second-order valence-electron chi connectivity index (χ2n) is 6.83. The molecule has 3 rings (SSSR count). The van der Waals surface area contributed by atoms with Crippen LogP contribution in [0.4, 0.5) is 9.93 Å². The molecule has 0 spiro atoms. The molecule has 16 heteroatoms. The molecule has 0 aliphatic carbocycles. The maximum absolute atomic E-state index is 12.6. The minimum atomic E-state index is -1.48. The van der Waals surface area contributed by atoms with E-state index in [4.69, 9.17) is 10.5 Å². The van der Waals surface area contributed by atoms with Gasteiger partial charge in [0.1, 0.15) is 23.7 Å². The van der Waals surface area contributed by atoms with E-state index in [1.165, 1.54) is 29.5 Å². The molecule has 13 nitrogen and oxygen atoms in total. The number of oxime groups is 1. The molecule has 2 unspecified atom stereocenters. The van der Waals surface area contributed by atoms with Gasteiger partial charge in [-0.25, -0.2) is 9.78 Å². The molecule has 2 saturated heterocycles. The number of rotatable bonds is 7. The average molecular weight is 506 g/mol. The molecule has 0 radical (unpaired) electrons. The molecule has 5 N–H and O–H groups in total. The summed E-state index contributed by atoms with van der Waals surface area (Å²) in [6.45, 7) is -0.321. The van der Waals surface area contributed by atoms with Gasteiger partial charge >= 0.3 is 35.7 Å². The zero-order chi connectivity index (χ0) is 23.5. The molecule has 172 valence electrons. The van der Waals surface area contributed by atoms with Crippen molar-refractivity contribution in [1.82, 2.24) is 20.5 Å². The predicted molar refractivity (Wildman–Crippen MR) is 112 cm³/mol. The number of hydrogen-bond donors (Lipinski definition) is 4. The fourth-order valence-electron chi connectivity index (χ4n) is 3.18. The van der Waals surface area contributed by atoms with Crippen molar-refractivity contribution < 1.29 is 63.8 Å². The van der Waals surface area contributed by atoms with Gasteiger partial charge < -0.3 is 41.1 Å². The van der Waals surface area contributed by atoms with Gasteiger partial charge in [0.25, 0.3) is 5.91 Å². The van der Waals surface area contributed by atoms with E-state index in [0.717, 1.165) is 23.1 Å². The minimum absolute atomic E-state index is 0. The van der Waals surface area contributed by atoms with Gasteiger partial charge in [-0.2, -0.15) is 0 Å². The zero-order valence-electron chi connectivity index (χ0n) is 17.6. The minimum Gasteiger partial charge on any atom is -0.549 e. The van der Waals surface area contributed by atoms with Crippen LogP contribution in [0.1, 0.15) is 5.69 Å². The number of amides is 3. The number of carboxylic acids is 1. The van der Waals surface area contributed by atoms with Crippen LogP contribution in [0.15, 0.2) is 22.7 Å². The Balaban J connectivity index is 0.00000385. The molecule has 2 aliphatic heterocycles. The van der Waals surface area contributed by atoms with Gasteiger partial charge in [-0.1, -0.05) is 17.3 Å².